The van der Waals surface area contributed by atoms with Crippen molar-refractivity contribution in [3.63, 3.8) is 0 Å². The molecule has 1 aromatic rings. The Labute approximate surface area is 120 Å². The fourth-order valence-electron chi connectivity index (χ4n) is 2.16. The van der Waals surface area contributed by atoms with Crippen LogP contribution in [0.4, 0.5) is 11.4 Å². The Kier molecular flexibility index (Phi) is 4.76. The third kappa shape index (κ3) is 3.55. The van der Waals surface area contributed by atoms with Crippen LogP contribution >= 0.6 is 22.6 Å². The quantitative estimate of drug-likeness (QED) is 0.481. The van der Waals surface area contributed by atoms with Gasteiger partial charge in [0.05, 0.1) is 8.49 Å². The van der Waals surface area contributed by atoms with Gasteiger partial charge in [-0.1, -0.05) is 0 Å². The maximum Gasteiger partial charge on any atom is 0.282 e. The summed E-state index contributed by atoms with van der Waals surface area (Å²) in [6, 6.07) is 5.76. The molecule has 0 unspecified atom stereocenters. The summed E-state index contributed by atoms with van der Waals surface area (Å²) in [7, 11) is 0. The van der Waals surface area contributed by atoms with Gasteiger partial charge in [-0.3, -0.25) is 10.1 Å². The van der Waals surface area contributed by atoms with Crippen LogP contribution in [0.25, 0.3) is 0 Å². The predicted octanol–water partition coefficient (Wildman–Crippen LogP) is 2.75. The second kappa shape index (κ2) is 6.33. The van der Waals surface area contributed by atoms with Crippen molar-refractivity contribution in [1.29, 1.82) is 0 Å². The molecule has 0 radical (unpaired) electrons. The van der Waals surface area contributed by atoms with Crippen LogP contribution < -0.4 is 10.6 Å². The van der Waals surface area contributed by atoms with Crippen molar-refractivity contribution in [2.24, 2.45) is 0 Å². The third-order valence-corrected chi connectivity index (χ3v) is 3.99. The summed E-state index contributed by atoms with van der Waals surface area (Å²) < 4.78 is 0.668. The molecule has 1 aliphatic heterocycles. The second-order valence-corrected chi connectivity index (χ2v) is 5.59. The van der Waals surface area contributed by atoms with E-state index in [1.807, 2.05) is 28.7 Å². The maximum absolute atomic E-state index is 10.7. The summed E-state index contributed by atoms with van der Waals surface area (Å²) in [6.45, 7) is 2.02. The van der Waals surface area contributed by atoms with Gasteiger partial charge < -0.3 is 10.6 Å². The van der Waals surface area contributed by atoms with E-state index in [0.717, 1.165) is 25.2 Å². The van der Waals surface area contributed by atoms with Crippen LogP contribution in [0, 0.1) is 13.7 Å². The first kappa shape index (κ1) is 13.5. The summed E-state index contributed by atoms with van der Waals surface area (Å²) in [5.41, 5.74) is 1.11. The van der Waals surface area contributed by atoms with E-state index in [0.29, 0.717) is 9.61 Å². The number of rotatable bonds is 5. The van der Waals surface area contributed by atoms with E-state index in [1.54, 1.807) is 12.1 Å². The number of nitro benzene ring substituents is 1. The van der Waals surface area contributed by atoms with Gasteiger partial charge in [0.2, 0.25) is 0 Å². The maximum atomic E-state index is 10.7. The smallest absolute Gasteiger partial charge is 0.282 e. The molecule has 1 aliphatic rings. The molecule has 1 atom stereocenters. The van der Waals surface area contributed by atoms with Gasteiger partial charge in [0.15, 0.2) is 0 Å². The van der Waals surface area contributed by atoms with E-state index in [1.165, 1.54) is 12.8 Å². The molecule has 0 amide bonds. The van der Waals surface area contributed by atoms with Crippen LogP contribution in [-0.2, 0) is 0 Å². The fourth-order valence-corrected chi connectivity index (χ4v) is 2.87. The fraction of sp³-hybridized carbons (Fsp3) is 0.500. The Morgan fingerprint density at radius 2 is 2.39 bits per heavy atom. The van der Waals surface area contributed by atoms with Crippen molar-refractivity contribution in [1.82, 2.24) is 5.32 Å². The van der Waals surface area contributed by atoms with E-state index >= 15 is 0 Å². The second-order valence-electron chi connectivity index (χ2n) is 4.43. The monoisotopic (exact) mass is 361 g/mol. The van der Waals surface area contributed by atoms with Crippen molar-refractivity contribution in [3.8, 4) is 0 Å². The number of nitro groups is 1. The summed E-state index contributed by atoms with van der Waals surface area (Å²) in [5, 5.41) is 17.5. The average Bonchev–Trinajstić information content (AvgIpc) is 2.81. The van der Waals surface area contributed by atoms with E-state index in [2.05, 4.69) is 10.6 Å². The summed E-state index contributed by atoms with van der Waals surface area (Å²) in [4.78, 5) is 10.3. The Balaban J connectivity index is 1.85. The molecule has 5 nitrogen and oxygen atoms in total. The van der Waals surface area contributed by atoms with Crippen molar-refractivity contribution in [2.45, 2.75) is 25.3 Å². The average molecular weight is 361 g/mol. The molecule has 1 aromatic carbocycles. The van der Waals surface area contributed by atoms with E-state index in [4.69, 9.17) is 0 Å². The highest BCUT2D eigenvalue weighted by Crippen LogP contribution is 2.24. The molecule has 2 N–H and O–H groups in total. The molecule has 98 valence electrons. The zero-order valence-corrected chi connectivity index (χ0v) is 12.1. The van der Waals surface area contributed by atoms with Gasteiger partial charge in [0, 0.05) is 24.3 Å². The molecule has 1 saturated heterocycles. The number of hydrogen-bond acceptors (Lipinski definition) is 4. The first-order chi connectivity index (χ1) is 8.66. The number of nitrogens with zero attached hydrogens (tertiary/aromatic N) is 1. The van der Waals surface area contributed by atoms with Gasteiger partial charge in [-0.05, 0) is 60.5 Å². The van der Waals surface area contributed by atoms with Gasteiger partial charge >= 0.3 is 0 Å². The lowest BCUT2D eigenvalue weighted by molar-refractivity contribution is -0.385. The summed E-state index contributed by atoms with van der Waals surface area (Å²) in [5.74, 6) is 0. The van der Waals surface area contributed by atoms with Crippen LogP contribution in [0.1, 0.15) is 19.3 Å². The number of anilines is 1. The molecule has 6 heteroatoms. The van der Waals surface area contributed by atoms with Crippen molar-refractivity contribution >= 4 is 34.0 Å². The van der Waals surface area contributed by atoms with Crippen molar-refractivity contribution < 1.29 is 4.92 Å². The van der Waals surface area contributed by atoms with Gasteiger partial charge in [-0.25, -0.2) is 0 Å². The molecule has 2 rings (SSSR count). The van der Waals surface area contributed by atoms with Gasteiger partial charge in [-0.15, -0.1) is 0 Å². The first-order valence-electron chi connectivity index (χ1n) is 6.08. The molecular formula is C12H16IN3O2. The SMILES string of the molecule is O=[N+]([O-])c1ccc(NCC[C@@H]2CCCN2)cc1I. The topological polar surface area (TPSA) is 67.2 Å². The normalized spacial score (nSPS) is 18.8. The van der Waals surface area contributed by atoms with Crippen molar-refractivity contribution in [3.05, 3.63) is 31.9 Å². The van der Waals surface area contributed by atoms with E-state index in [9.17, 15) is 10.1 Å². The van der Waals surface area contributed by atoms with Crippen molar-refractivity contribution in [2.75, 3.05) is 18.4 Å². The minimum atomic E-state index is -0.353. The van der Waals surface area contributed by atoms with Gasteiger partial charge in [0.25, 0.3) is 5.69 Å². The minimum absolute atomic E-state index is 0.165. The molecule has 0 aromatic heterocycles. The molecule has 1 fully saturated rings. The van der Waals surface area contributed by atoms with Gasteiger partial charge in [0.1, 0.15) is 0 Å². The zero-order chi connectivity index (χ0) is 13.0. The standard InChI is InChI=1S/C12H16IN3O2/c13-11-8-10(3-4-12(11)16(17)18)15-7-5-9-2-1-6-14-9/h3-4,8-9,14-15H,1-2,5-7H2/t9-/m0/s1. The highest BCUT2D eigenvalue weighted by molar-refractivity contribution is 14.1. The largest absolute Gasteiger partial charge is 0.385 e. The number of halogens is 1. The molecule has 1 heterocycles. The molecular weight excluding hydrogens is 345 g/mol. The summed E-state index contributed by atoms with van der Waals surface area (Å²) >= 11 is 2.00. The predicted molar refractivity (Wildman–Crippen MR) is 79.9 cm³/mol. The van der Waals surface area contributed by atoms with Crippen LogP contribution in [0.3, 0.4) is 0 Å². The molecule has 0 aliphatic carbocycles. The Hall–Kier alpha value is -0.890. The lowest BCUT2D eigenvalue weighted by Gasteiger charge is -2.11. The molecule has 18 heavy (non-hydrogen) atoms. The van der Waals surface area contributed by atoms with Crippen LogP contribution in [0.5, 0.6) is 0 Å². The van der Waals surface area contributed by atoms with Crippen LogP contribution in [0.15, 0.2) is 18.2 Å². The van der Waals surface area contributed by atoms with Crippen LogP contribution in [-0.4, -0.2) is 24.1 Å². The first-order valence-corrected chi connectivity index (χ1v) is 7.16. The molecule has 0 spiro atoms. The summed E-state index contributed by atoms with van der Waals surface area (Å²) in [6.07, 6.45) is 3.60. The number of benzene rings is 1. The van der Waals surface area contributed by atoms with E-state index < -0.39 is 0 Å². The number of hydrogen-bond donors (Lipinski definition) is 2. The highest BCUT2D eigenvalue weighted by atomic mass is 127. The van der Waals surface area contributed by atoms with Gasteiger partial charge in [-0.2, -0.15) is 0 Å². The molecule has 0 saturated carbocycles. The Morgan fingerprint density at radius 1 is 1.56 bits per heavy atom. The van der Waals surface area contributed by atoms with E-state index in [-0.39, 0.29) is 10.6 Å². The Bertz CT molecular complexity index is 433. The Morgan fingerprint density at radius 3 is 3.00 bits per heavy atom. The lowest BCUT2D eigenvalue weighted by atomic mass is 10.1. The third-order valence-electron chi connectivity index (χ3n) is 3.13. The lowest BCUT2D eigenvalue weighted by Crippen LogP contribution is -2.24. The van der Waals surface area contributed by atoms with Crippen LogP contribution in [0.2, 0.25) is 0 Å². The number of nitrogens with one attached hydrogen (secondary N) is 2. The molecule has 0 bridgehead atoms. The minimum Gasteiger partial charge on any atom is -0.385 e. The zero-order valence-electron chi connectivity index (χ0n) is 9.99. The highest BCUT2D eigenvalue weighted by Gasteiger charge is 2.14.